The van der Waals surface area contributed by atoms with E-state index in [4.69, 9.17) is 5.11 Å². The molecular weight excluding hydrogens is 196 g/mol. The van der Waals surface area contributed by atoms with Crippen LogP contribution in [0.25, 0.3) is 0 Å². The number of nitrogens with one attached hydrogen (secondary N) is 1. The normalized spacial score (nSPS) is 12.5. The predicted molar refractivity (Wildman–Crippen MR) is 54.4 cm³/mol. The standard InChI is InChI=1S/C9H16N4O2/c1-4-7-10-8(12-11-7)9(15)13(3)5-6(2)14/h6,14H,4-5H2,1-3H3,(H,10,11,12). The van der Waals surface area contributed by atoms with Crippen molar-refractivity contribution in [2.75, 3.05) is 13.6 Å². The van der Waals surface area contributed by atoms with Crippen molar-refractivity contribution in [2.45, 2.75) is 26.4 Å². The Labute approximate surface area is 88.3 Å². The molecule has 1 aromatic heterocycles. The topological polar surface area (TPSA) is 82.1 Å². The van der Waals surface area contributed by atoms with Gasteiger partial charge in [0.15, 0.2) is 0 Å². The summed E-state index contributed by atoms with van der Waals surface area (Å²) in [4.78, 5) is 17.1. The average Bonchev–Trinajstić information content (AvgIpc) is 2.63. The number of aromatic nitrogens is 3. The molecule has 0 bridgehead atoms. The Hall–Kier alpha value is -1.43. The zero-order chi connectivity index (χ0) is 11.4. The number of aliphatic hydroxyl groups excluding tert-OH is 1. The van der Waals surface area contributed by atoms with Crippen LogP contribution in [0.5, 0.6) is 0 Å². The van der Waals surface area contributed by atoms with Gasteiger partial charge in [0.05, 0.1) is 6.10 Å². The number of aliphatic hydroxyl groups is 1. The van der Waals surface area contributed by atoms with E-state index in [-0.39, 0.29) is 18.3 Å². The first-order valence-corrected chi connectivity index (χ1v) is 4.89. The molecule has 1 unspecified atom stereocenters. The van der Waals surface area contributed by atoms with Gasteiger partial charge in [-0.2, -0.15) is 0 Å². The van der Waals surface area contributed by atoms with Gasteiger partial charge in [0.25, 0.3) is 5.91 Å². The summed E-state index contributed by atoms with van der Waals surface area (Å²) in [6.45, 7) is 3.82. The molecule has 6 heteroatoms. The highest BCUT2D eigenvalue weighted by molar-refractivity contribution is 5.90. The van der Waals surface area contributed by atoms with Crippen molar-refractivity contribution >= 4 is 5.91 Å². The van der Waals surface area contributed by atoms with Gasteiger partial charge in [0.2, 0.25) is 5.82 Å². The number of likely N-dealkylation sites (N-methyl/N-ethyl adjacent to an activating group) is 1. The number of H-pyrrole nitrogens is 1. The van der Waals surface area contributed by atoms with E-state index >= 15 is 0 Å². The van der Waals surface area contributed by atoms with Crippen LogP contribution in [0.3, 0.4) is 0 Å². The maximum Gasteiger partial charge on any atom is 0.293 e. The van der Waals surface area contributed by atoms with Crippen LogP contribution in [0.2, 0.25) is 0 Å². The first kappa shape index (κ1) is 11.6. The Morgan fingerprint density at radius 3 is 2.80 bits per heavy atom. The van der Waals surface area contributed by atoms with Crippen LogP contribution >= 0.6 is 0 Å². The van der Waals surface area contributed by atoms with Gasteiger partial charge in [-0.15, -0.1) is 5.10 Å². The van der Waals surface area contributed by atoms with E-state index < -0.39 is 6.10 Å². The summed E-state index contributed by atoms with van der Waals surface area (Å²) in [5.41, 5.74) is 0. The quantitative estimate of drug-likeness (QED) is 0.725. The third kappa shape index (κ3) is 3.02. The molecule has 0 aliphatic carbocycles. The lowest BCUT2D eigenvalue weighted by Gasteiger charge is -2.16. The van der Waals surface area contributed by atoms with Gasteiger partial charge in [-0.25, -0.2) is 4.98 Å². The first-order valence-electron chi connectivity index (χ1n) is 4.89. The van der Waals surface area contributed by atoms with Crippen LogP contribution in [0.15, 0.2) is 0 Å². The number of hydrogen-bond donors (Lipinski definition) is 2. The fourth-order valence-electron chi connectivity index (χ4n) is 1.20. The van der Waals surface area contributed by atoms with Crippen LogP contribution in [0, 0.1) is 0 Å². The minimum absolute atomic E-state index is 0.148. The van der Waals surface area contributed by atoms with Gasteiger partial charge in [-0.3, -0.25) is 9.89 Å². The van der Waals surface area contributed by atoms with Crippen molar-refractivity contribution < 1.29 is 9.90 Å². The fraction of sp³-hybridized carbons (Fsp3) is 0.667. The number of nitrogens with zero attached hydrogens (tertiary/aromatic N) is 3. The van der Waals surface area contributed by atoms with Crippen LogP contribution < -0.4 is 0 Å². The molecule has 2 N–H and O–H groups in total. The van der Waals surface area contributed by atoms with E-state index in [2.05, 4.69) is 15.2 Å². The Balaban J connectivity index is 2.67. The van der Waals surface area contributed by atoms with Crippen molar-refractivity contribution in [1.29, 1.82) is 0 Å². The number of aryl methyl sites for hydroxylation is 1. The molecule has 1 atom stereocenters. The van der Waals surface area contributed by atoms with Crippen LogP contribution in [-0.2, 0) is 6.42 Å². The van der Waals surface area contributed by atoms with Crippen molar-refractivity contribution in [3.63, 3.8) is 0 Å². The smallest absolute Gasteiger partial charge is 0.293 e. The maximum absolute atomic E-state index is 11.7. The summed E-state index contributed by atoms with van der Waals surface area (Å²) in [6, 6.07) is 0. The third-order valence-corrected chi connectivity index (χ3v) is 1.94. The van der Waals surface area contributed by atoms with Gasteiger partial charge in [-0.1, -0.05) is 6.92 Å². The van der Waals surface area contributed by atoms with Crippen LogP contribution in [0.1, 0.15) is 30.3 Å². The van der Waals surface area contributed by atoms with Crippen molar-refractivity contribution in [3.05, 3.63) is 11.6 Å². The molecule has 84 valence electrons. The molecule has 1 heterocycles. The summed E-state index contributed by atoms with van der Waals surface area (Å²) in [5.74, 6) is 0.547. The number of hydrogen-bond acceptors (Lipinski definition) is 4. The van der Waals surface area contributed by atoms with Gasteiger partial charge in [-0.05, 0) is 6.92 Å². The average molecular weight is 212 g/mol. The Bertz CT molecular complexity index is 335. The highest BCUT2D eigenvalue weighted by Gasteiger charge is 2.17. The molecule has 0 fully saturated rings. The molecule has 0 saturated heterocycles. The molecule has 1 aromatic rings. The number of carbonyl (C=O) groups is 1. The molecule has 1 amide bonds. The van der Waals surface area contributed by atoms with Crippen molar-refractivity contribution in [2.24, 2.45) is 0 Å². The molecular formula is C9H16N4O2. The van der Waals surface area contributed by atoms with Gasteiger partial charge < -0.3 is 10.0 Å². The van der Waals surface area contributed by atoms with Crippen molar-refractivity contribution in [1.82, 2.24) is 20.1 Å². The zero-order valence-corrected chi connectivity index (χ0v) is 9.19. The van der Waals surface area contributed by atoms with Crippen LogP contribution in [0.4, 0.5) is 0 Å². The Morgan fingerprint density at radius 1 is 1.67 bits per heavy atom. The largest absolute Gasteiger partial charge is 0.392 e. The Kier molecular flexibility index (Phi) is 3.79. The maximum atomic E-state index is 11.7. The zero-order valence-electron chi connectivity index (χ0n) is 9.19. The third-order valence-electron chi connectivity index (χ3n) is 1.94. The molecule has 0 radical (unpaired) electrons. The summed E-state index contributed by atoms with van der Waals surface area (Å²) in [7, 11) is 1.61. The second-order valence-electron chi connectivity index (χ2n) is 3.49. The molecule has 0 spiro atoms. The number of carbonyl (C=O) groups excluding carboxylic acids is 1. The first-order chi connectivity index (χ1) is 7.04. The molecule has 15 heavy (non-hydrogen) atoms. The predicted octanol–water partition coefficient (Wildman–Crippen LogP) is -0.180. The minimum atomic E-state index is -0.552. The molecule has 0 aliphatic rings. The second-order valence-corrected chi connectivity index (χ2v) is 3.49. The minimum Gasteiger partial charge on any atom is -0.392 e. The van der Waals surface area contributed by atoms with E-state index in [1.54, 1.807) is 14.0 Å². The van der Waals surface area contributed by atoms with E-state index in [1.807, 2.05) is 6.92 Å². The molecule has 0 aliphatic heterocycles. The highest BCUT2D eigenvalue weighted by atomic mass is 16.3. The lowest BCUT2D eigenvalue weighted by atomic mass is 10.3. The van der Waals surface area contributed by atoms with Gasteiger partial charge >= 0.3 is 0 Å². The SMILES string of the molecule is CCc1nc(C(=O)N(C)CC(C)O)n[nH]1. The van der Waals surface area contributed by atoms with Gasteiger partial charge in [0.1, 0.15) is 5.82 Å². The number of rotatable bonds is 4. The molecule has 0 aromatic carbocycles. The molecule has 0 saturated carbocycles. The fourth-order valence-corrected chi connectivity index (χ4v) is 1.20. The Morgan fingerprint density at radius 2 is 2.33 bits per heavy atom. The molecule has 1 rings (SSSR count). The number of aromatic amines is 1. The second kappa shape index (κ2) is 4.88. The van der Waals surface area contributed by atoms with E-state index in [9.17, 15) is 4.79 Å². The summed E-state index contributed by atoms with van der Waals surface area (Å²) >= 11 is 0. The van der Waals surface area contributed by atoms with Crippen LogP contribution in [-0.4, -0.2) is 50.8 Å². The summed E-state index contributed by atoms with van der Waals surface area (Å²) in [5, 5.41) is 15.6. The van der Waals surface area contributed by atoms with E-state index in [0.717, 1.165) is 0 Å². The summed E-state index contributed by atoms with van der Waals surface area (Å²) in [6.07, 6.45) is 0.156. The van der Waals surface area contributed by atoms with E-state index in [1.165, 1.54) is 4.90 Å². The summed E-state index contributed by atoms with van der Waals surface area (Å²) < 4.78 is 0. The van der Waals surface area contributed by atoms with E-state index in [0.29, 0.717) is 12.2 Å². The highest BCUT2D eigenvalue weighted by Crippen LogP contribution is 1.99. The van der Waals surface area contributed by atoms with Crippen molar-refractivity contribution in [3.8, 4) is 0 Å². The molecule has 6 nitrogen and oxygen atoms in total. The monoisotopic (exact) mass is 212 g/mol. The van der Waals surface area contributed by atoms with Gasteiger partial charge in [0, 0.05) is 20.0 Å². The lowest BCUT2D eigenvalue weighted by molar-refractivity contribution is 0.0692. The lowest BCUT2D eigenvalue weighted by Crippen LogP contribution is -2.33. The number of amides is 1.